The lowest BCUT2D eigenvalue weighted by Crippen LogP contribution is -2.32. The number of nitrogen functional groups attached to an aromatic ring is 1. The van der Waals surface area contributed by atoms with Gasteiger partial charge >= 0.3 is 0 Å². The highest BCUT2D eigenvalue weighted by Crippen LogP contribution is 2.28. The lowest BCUT2D eigenvalue weighted by Gasteiger charge is -2.24. The third kappa shape index (κ3) is 2.42. The van der Waals surface area contributed by atoms with Gasteiger partial charge in [0.25, 0.3) is 0 Å². The van der Waals surface area contributed by atoms with Crippen molar-refractivity contribution in [3.05, 3.63) is 23.8 Å². The van der Waals surface area contributed by atoms with Crippen molar-refractivity contribution >= 4 is 11.4 Å². The fraction of sp³-hybridized carbons (Fsp3) is 0.462. The highest BCUT2D eigenvalue weighted by atomic mass is 16.5. The molecule has 1 heterocycles. The Morgan fingerprint density at radius 3 is 2.76 bits per heavy atom. The van der Waals surface area contributed by atoms with E-state index in [9.17, 15) is 0 Å². The van der Waals surface area contributed by atoms with Crippen LogP contribution in [-0.4, -0.2) is 25.9 Å². The number of ether oxygens (including phenoxy) is 1. The molecule has 92 valence electrons. The number of hydrogen-bond donors (Lipinski definition) is 3. The molecule has 1 aromatic rings. The predicted octanol–water partition coefficient (Wildman–Crippen LogP) is 1.64. The van der Waals surface area contributed by atoms with Crippen LogP contribution in [0.15, 0.2) is 18.2 Å². The molecule has 4 nitrogen and oxygen atoms in total. The number of methoxy groups -OCH3 is 1. The third-order valence-corrected chi connectivity index (χ3v) is 3.32. The van der Waals surface area contributed by atoms with Crippen molar-refractivity contribution in [2.24, 2.45) is 5.92 Å². The molecule has 0 unspecified atom stereocenters. The molecule has 2 rings (SSSR count). The summed E-state index contributed by atoms with van der Waals surface area (Å²) >= 11 is 0. The summed E-state index contributed by atoms with van der Waals surface area (Å²) in [7, 11) is 1.60. The van der Waals surface area contributed by atoms with Gasteiger partial charge in [-0.25, -0.2) is 0 Å². The molecule has 4 heteroatoms. The van der Waals surface area contributed by atoms with E-state index in [1.165, 1.54) is 0 Å². The first-order valence-electron chi connectivity index (χ1n) is 5.96. The maximum Gasteiger partial charge on any atom is 0.142 e. The van der Waals surface area contributed by atoms with Gasteiger partial charge in [-0.2, -0.15) is 0 Å². The summed E-state index contributed by atoms with van der Waals surface area (Å²) in [5, 5.41) is 11.6. The maximum absolute atomic E-state index is 8.27. The van der Waals surface area contributed by atoms with Crippen LogP contribution < -0.4 is 15.8 Å². The quantitative estimate of drug-likeness (QED) is 0.549. The van der Waals surface area contributed by atoms with E-state index in [1.54, 1.807) is 7.11 Å². The molecule has 0 spiro atoms. The lowest BCUT2D eigenvalue weighted by molar-refractivity contribution is 0.416. The van der Waals surface area contributed by atoms with Gasteiger partial charge in [0, 0.05) is 17.2 Å². The first kappa shape index (κ1) is 11.9. The van der Waals surface area contributed by atoms with Crippen LogP contribution in [0.25, 0.3) is 0 Å². The summed E-state index contributed by atoms with van der Waals surface area (Å²) in [4.78, 5) is 0. The molecular weight excluding hydrogens is 214 g/mol. The average molecular weight is 233 g/mol. The van der Waals surface area contributed by atoms with Gasteiger partial charge in [-0.15, -0.1) is 0 Å². The molecule has 0 amide bonds. The Morgan fingerprint density at radius 2 is 2.12 bits per heavy atom. The SMILES string of the molecule is COc1cccc(C(=N)C2CCNCC2)c1N. The van der Waals surface area contributed by atoms with Crippen LogP contribution in [-0.2, 0) is 0 Å². The predicted molar refractivity (Wildman–Crippen MR) is 69.8 cm³/mol. The third-order valence-electron chi connectivity index (χ3n) is 3.32. The van der Waals surface area contributed by atoms with Gasteiger partial charge in [0.15, 0.2) is 0 Å². The van der Waals surface area contributed by atoms with Crippen molar-refractivity contribution in [1.82, 2.24) is 5.32 Å². The van der Waals surface area contributed by atoms with Crippen LogP contribution in [0.1, 0.15) is 18.4 Å². The highest BCUT2D eigenvalue weighted by molar-refractivity contribution is 6.05. The maximum atomic E-state index is 8.27. The summed E-state index contributed by atoms with van der Waals surface area (Å²) in [6.45, 7) is 1.97. The van der Waals surface area contributed by atoms with Crippen LogP contribution >= 0.6 is 0 Å². The van der Waals surface area contributed by atoms with Crippen LogP contribution in [0.5, 0.6) is 5.75 Å². The van der Waals surface area contributed by atoms with Crippen LogP contribution in [0.2, 0.25) is 0 Å². The molecule has 1 aromatic carbocycles. The summed E-state index contributed by atoms with van der Waals surface area (Å²) in [6.07, 6.45) is 2.02. The summed E-state index contributed by atoms with van der Waals surface area (Å²) < 4.78 is 5.19. The molecule has 1 saturated heterocycles. The molecule has 1 aliphatic rings. The van der Waals surface area contributed by atoms with Crippen molar-refractivity contribution < 1.29 is 4.74 Å². The van der Waals surface area contributed by atoms with Gasteiger partial charge in [-0.3, -0.25) is 0 Å². The molecule has 0 bridgehead atoms. The Kier molecular flexibility index (Phi) is 3.64. The normalized spacial score (nSPS) is 16.8. The van der Waals surface area contributed by atoms with E-state index in [4.69, 9.17) is 15.9 Å². The van der Waals surface area contributed by atoms with Gasteiger partial charge in [0.2, 0.25) is 0 Å². The minimum absolute atomic E-state index is 0.311. The second-order valence-electron chi connectivity index (χ2n) is 4.36. The summed E-state index contributed by atoms with van der Waals surface area (Å²) in [6, 6.07) is 5.62. The molecule has 0 saturated carbocycles. The monoisotopic (exact) mass is 233 g/mol. The summed E-state index contributed by atoms with van der Waals surface area (Å²) in [5.74, 6) is 0.965. The number of rotatable bonds is 3. The molecule has 17 heavy (non-hydrogen) atoms. The van der Waals surface area contributed by atoms with Gasteiger partial charge in [-0.05, 0) is 32.0 Å². The zero-order valence-corrected chi connectivity index (χ0v) is 10.1. The van der Waals surface area contributed by atoms with Gasteiger partial charge in [0.1, 0.15) is 5.75 Å². The second-order valence-corrected chi connectivity index (χ2v) is 4.36. The fourth-order valence-corrected chi connectivity index (χ4v) is 2.29. The lowest BCUT2D eigenvalue weighted by atomic mass is 9.88. The second kappa shape index (κ2) is 5.19. The van der Waals surface area contributed by atoms with E-state index in [1.807, 2.05) is 18.2 Å². The van der Waals surface area contributed by atoms with E-state index >= 15 is 0 Å². The Bertz CT molecular complexity index is 411. The molecule has 0 atom stereocenters. The highest BCUT2D eigenvalue weighted by Gasteiger charge is 2.21. The average Bonchev–Trinajstić information content (AvgIpc) is 2.39. The Balaban J connectivity index is 2.23. The molecule has 1 fully saturated rings. The zero-order chi connectivity index (χ0) is 12.3. The zero-order valence-electron chi connectivity index (χ0n) is 10.1. The van der Waals surface area contributed by atoms with Crippen molar-refractivity contribution in [3.63, 3.8) is 0 Å². The topological polar surface area (TPSA) is 71.1 Å². The minimum atomic E-state index is 0.311. The van der Waals surface area contributed by atoms with Crippen LogP contribution in [0.3, 0.4) is 0 Å². The van der Waals surface area contributed by atoms with Crippen molar-refractivity contribution in [2.75, 3.05) is 25.9 Å². The number of hydrogen-bond acceptors (Lipinski definition) is 4. The fourth-order valence-electron chi connectivity index (χ4n) is 2.29. The smallest absolute Gasteiger partial charge is 0.142 e. The molecule has 4 N–H and O–H groups in total. The first-order valence-corrected chi connectivity index (χ1v) is 5.96. The van der Waals surface area contributed by atoms with Gasteiger partial charge < -0.3 is 21.2 Å². The van der Waals surface area contributed by atoms with Crippen molar-refractivity contribution in [3.8, 4) is 5.75 Å². The Labute approximate surface area is 102 Å². The van der Waals surface area contributed by atoms with E-state index in [-0.39, 0.29) is 0 Å². The molecule has 0 aliphatic carbocycles. The number of para-hydroxylation sites is 1. The molecule has 0 aromatic heterocycles. The number of piperidine rings is 1. The minimum Gasteiger partial charge on any atom is -0.495 e. The van der Waals surface area contributed by atoms with E-state index < -0.39 is 0 Å². The Morgan fingerprint density at radius 1 is 1.41 bits per heavy atom. The first-order chi connectivity index (χ1) is 8.24. The van der Waals surface area contributed by atoms with E-state index in [0.29, 0.717) is 23.1 Å². The largest absolute Gasteiger partial charge is 0.495 e. The van der Waals surface area contributed by atoms with Crippen molar-refractivity contribution in [2.45, 2.75) is 12.8 Å². The number of benzene rings is 1. The van der Waals surface area contributed by atoms with Gasteiger partial charge in [-0.1, -0.05) is 12.1 Å². The molecular formula is C13H19N3O. The van der Waals surface area contributed by atoms with E-state index in [0.717, 1.165) is 31.5 Å². The molecule has 1 aliphatic heterocycles. The summed E-state index contributed by atoms with van der Waals surface area (Å²) in [5.41, 5.74) is 8.06. The number of nitrogens with two attached hydrogens (primary N) is 1. The van der Waals surface area contributed by atoms with Crippen LogP contribution in [0.4, 0.5) is 5.69 Å². The number of anilines is 1. The number of nitrogens with one attached hydrogen (secondary N) is 2. The van der Waals surface area contributed by atoms with Crippen LogP contribution in [0, 0.1) is 11.3 Å². The molecule has 0 radical (unpaired) electrons. The van der Waals surface area contributed by atoms with Gasteiger partial charge in [0.05, 0.1) is 12.8 Å². The van der Waals surface area contributed by atoms with Crippen molar-refractivity contribution in [1.29, 1.82) is 5.41 Å². The Hall–Kier alpha value is -1.55. The standard InChI is InChI=1S/C13H19N3O/c1-17-11-4-2-3-10(13(11)15)12(14)9-5-7-16-8-6-9/h2-4,9,14,16H,5-8,15H2,1H3. The van der Waals surface area contributed by atoms with E-state index in [2.05, 4.69) is 5.32 Å².